The molecule has 0 aromatic heterocycles. The third kappa shape index (κ3) is 3.15. The molecule has 1 heterocycles. The van der Waals surface area contributed by atoms with Gasteiger partial charge in [-0.2, -0.15) is 0 Å². The predicted molar refractivity (Wildman–Crippen MR) is 104 cm³/mol. The number of nitrogens with zero attached hydrogens (tertiary/aromatic N) is 1. The number of carbonyl (C=O) groups excluding carboxylic acids is 2. The van der Waals surface area contributed by atoms with Gasteiger partial charge in [0, 0.05) is 16.9 Å². The molecule has 0 radical (unpaired) electrons. The second-order valence-corrected chi connectivity index (χ2v) is 6.25. The number of hydrogen-bond donors (Lipinski definition) is 1. The van der Waals surface area contributed by atoms with E-state index in [9.17, 15) is 9.59 Å². The van der Waals surface area contributed by atoms with Crippen LogP contribution in [0.25, 0.3) is 0 Å². The van der Waals surface area contributed by atoms with Crippen molar-refractivity contribution in [3.8, 4) is 5.75 Å². The Morgan fingerprint density at radius 2 is 1.67 bits per heavy atom. The maximum Gasteiger partial charge on any atom is 0.259 e. The van der Waals surface area contributed by atoms with Crippen LogP contribution in [0.4, 0.5) is 11.4 Å². The van der Waals surface area contributed by atoms with Gasteiger partial charge in [0.15, 0.2) is 0 Å². The largest absolute Gasteiger partial charge is 0.496 e. The average molecular weight is 358 g/mol. The second kappa shape index (κ2) is 6.96. The number of carbonyl (C=O) groups is 2. The van der Waals surface area contributed by atoms with Crippen molar-refractivity contribution in [2.45, 2.75) is 6.54 Å². The number of para-hydroxylation sites is 1. The molecule has 5 nitrogen and oxygen atoms in total. The lowest BCUT2D eigenvalue weighted by Crippen LogP contribution is -2.22. The van der Waals surface area contributed by atoms with E-state index >= 15 is 0 Å². The summed E-state index contributed by atoms with van der Waals surface area (Å²) >= 11 is 0. The normalized spacial score (nSPS) is 12.6. The van der Waals surface area contributed by atoms with E-state index in [1.165, 1.54) is 7.11 Å². The summed E-state index contributed by atoms with van der Waals surface area (Å²) < 4.78 is 5.23. The molecule has 3 aromatic carbocycles. The standard InChI is InChI=1S/C22H18N2O3/c1-27-20-9-5-4-8-19(20)21(25)23-16-10-12-17(13-11-16)24-14-15-6-2-3-7-18(15)22(24)26/h2-13H,14H2,1H3,(H,23,25). The van der Waals surface area contributed by atoms with Gasteiger partial charge in [-0.15, -0.1) is 0 Å². The van der Waals surface area contributed by atoms with Crippen molar-refractivity contribution in [2.24, 2.45) is 0 Å². The molecule has 0 aliphatic carbocycles. The van der Waals surface area contributed by atoms with Gasteiger partial charge in [0.25, 0.3) is 11.8 Å². The van der Waals surface area contributed by atoms with Crippen LogP contribution in [0.3, 0.4) is 0 Å². The van der Waals surface area contributed by atoms with E-state index in [1.54, 1.807) is 35.2 Å². The molecule has 0 fully saturated rings. The minimum atomic E-state index is -0.246. The van der Waals surface area contributed by atoms with E-state index in [1.807, 2.05) is 42.5 Å². The van der Waals surface area contributed by atoms with E-state index in [0.717, 1.165) is 16.8 Å². The van der Waals surface area contributed by atoms with Gasteiger partial charge in [0.05, 0.1) is 19.2 Å². The fraction of sp³-hybridized carbons (Fsp3) is 0.0909. The summed E-state index contributed by atoms with van der Waals surface area (Å²) in [6, 6.07) is 21.9. The Bertz CT molecular complexity index is 1010. The first kappa shape index (κ1) is 16.8. The molecular formula is C22H18N2O3. The van der Waals surface area contributed by atoms with Gasteiger partial charge >= 0.3 is 0 Å². The Labute approximate surface area is 157 Å². The lowest BCUT2D eigenvalue weighted by Gasteiger charge is -2.16. The van der Waals surface area contributed by atoms with Gasteiger partial charge in [-0.3, -0.25) is 9.59 Å². The number of ether oxygens (including phenoxy) is 1. The lowest BCUT2D eigenvalue weighted by molar-refractivity contribution is 0.0994. The molecule has 0 saturated carbocycles. The van der Waals surface area contributed by atoms with Gasteiger partial charge in [-0.25, -0.2) is 0 Å². The fourth-order valence-electron chi connectivity index (χ4n) is 3.22. The van der Waals surface area contributed by atoms with Crippen LogP contribution in [0.2, 0.25) is 0 Å². The van der Waals surface area contributed by atoms with Crippen molar-refractivity contribution in [1.29, 1.82) is 0 Å². The molecule has 0 atom stereocenters. The van der Waals surface area contributed by atoms with Crippen molar-refractivity contribution < 1.29 is 14.3 Å². The van der Waals surface area contributed by atoms with Crippen LogP contribution >= 0.6 is 0 Å². The lowest BCUT2D eigenvalue weighted by atomic mass is 10.1. The topological polar surface area (TPSA) is 58.6 Å². The number of benzene rings is 3. The maximum absolute atomic E-state index is 12.6. The Hall–Kier alpha value is -3.60. The second-order valence-electron chi connectivity index (χ2n) is 6.25. The molecule has 0 spiro atoms. The molecule has 5 heteroatoms. The van der Waals surface area contributed by atoms with Crippen LogP contribution in [0.15, 0.2) is 72.8 Å². The highest BCUT2D eigenvalue weighted by atomic mass is 16.5. The molecule has 0 bridgehead atoms. The third-order valence-corrected chi connectivity index (χ3v) is 4.61. The van der Waals surface area contributed by atoms with Gasteiger partial charge < -0.3 is 15.0 Å². The van der Waals surface area contributed by atoms with Crippen molar-refractivity contribution in [3.05, 3.63) is 89.5 Å². The SMILES string of the molecule is COc1ccccc1C(=O)Nc1ccc(N2Cc3ccccc3C2=O)cc1. The van der Waals surface area contributed by atoms with E-state index < -0.39 is 0 Å². The first-order chi connectivity index (χ1) is 13.2. The minimum Gasteiger partial charge on any atom is -0.496 e. The Kier molecular flexibility index (Phi) is 4.34. The molecule has 4 rings (SSSR count). The number of amides is 2. The summed E-state index contributed by atoms with van der Waals surface area (Å²) in [7, 11) is 1.53. The van der Waals surface area contributed by atoms with Crippen LogP contribution in [0, 0.1) is 0 Å². The Morgan fingerprint density at radius 3 is 2.41 bits per heavy atom. The predicted octanol–water partition coefficient (Wildman–Crippen LogP) is 4.11. The molecule has 1 aliphatic rings. The van der Waals surface area contributed by atoms with Crippen LogP contribution in [0.5, 0.6) is 5.75 Å². The fourth-order valence-corrected chi connectivity index (χ4v) is 3.22. The molecule has 2 amide bonds. The zero-order chi connectivity index (χ0) is 18.8. The van der Waals surface area contributed by atoms with Crippen molar-refractivity contribution in [3.63, 3.8) is 0 Å². The minimum absolute atomic E-state index is 0.00333. The van der Waals surface area contributed by atoms with Gasteiger partial charge in [-0.05, 0) is 48.0 Å². The van der Waals surface area contributed by atoms with Gasteiger partial charge in [0.1, 0.15) is 5.75 Å². The van der Waals surface area contributed by atoms with Crippen molar-refractivity contribution in [1.82, 2.24) is 0 Å². The highest BCUT2D eigenvalue weighted by molar-refractivity contribution is 6.10. The number of fused-ring (bicyclic) bond motifs is 1. The van der Waals surface area contributed by atoms with Crippen molar-refractivity contribution >= 4 is 23.2 Å². The molecule has 0 unspecified atom stereocenters. The zero-order valence-corrected chi connectivity index (χ0v) is 14.8. The molecule has 0 saturated heterocycles. The van der Waals surface area contributed by atoms with Crippen LogP contribution in [0.1, 0.15) is 26.3 Å². The number of methoxy groups -OCH3 is 1. The highest BCUT2D eigenvalue weighted by Crippen LogP contribution is 2.29. The van der Waals surface area contributed by atoms with Crippen LogP contribution in [-0.2, 0) is 6.54 Å². The van der Waals surface area contributed by atoms with E-state index in [0.29, 0.717) is 23.5 Å². The summed E-state index contributed by atoms with van der Waals surface area (Å²) in [4.78, 5) is 26.8. The Morgan fingerprint density at radius 1 is 0.963 bits per heavy atom. The molecule has 3 aromatic rings. The summed E-state index contributed by atoms with van der Waals surface area (Å²) in [6.45, 7) is 0.557. The maximum atomic E-state index is 12.6. The summed E-state index contributed by atoms with van der Waals surface area (Å²) in [5, 5.41) is 2.86. The van der Waals surface area contributed by atoms with Crippen LogP contribution < -0.4 is 15.0 Å². The molecule has 134 valence electrons. The quantitative estimate of drug-likeness (QED) is 0.764. The smallest absolute Gasteiger partial charge is 0.259 e. The van der Waals surface area contributed by atoms with Crippen molar-refractivity contribution in [2.75, 3.05) is 17.3 Å². The first-order valence-electron chi connectivity index (χ1n) is 8.61. The number of hydrogen-bond acceptors (Lipinski definition) is 3. The van der Waals surface area contributed by atoms with E-state index in [4.69, 9.17) is 4.74 Å². The first-order valence-corrected chi connectivity index (χ1v) is 8.61. The van der Waals surface area contributed by atoms with E-state index in [2.05, 4.69) is 5.32 Å². The number of anilines is 2. The highest BCUT2D eigenvalue weighted by Gasteiger charge is 2.27. The number of rotatable bonds is 4. The summed E-state index contributed by atoms with van der Waals surface area (Å²) in [5.41, 5.74) is 3.68. The molecular weight excluding hydrogens is 340 g/mol. The van der Waals surface area contributed by atoms with Gasteiger partial charge in [0.2, 0.25) is 0 Å². The summed E-state index contributed by atoms with van der Waals surface area (Å²) in [5.74, 6) is 0.272. The zero-order valence-electron chi connectivity index (χ0n) is 14.8. The third-order valence-electron chi connectivity index (χ3n) is 4.61. The molecule has 27 heavy (non-hydrogen) atoms. The molecule has 1 aliphatic heterocycles. The van der Waals surface area contributed by atoms with Gasteiger partial charge in [-0.1, -0.05) is 30.3 Å². The molecule has 1 N–H and O–H groups in total. The average Bonchev–Trinajstić information content (AvgIpc) is 3.05. The number of nitrogens with one attached hydrogen (secondary N) is 1. The Balaban J connectivity index is 1.50. The monoisotopic (exact) mass is 358 g/mol. The van der Waals surface area contributed by atoms with E-state index in [-0.39, 0.29) is 11.8 Å². The summed E-state index contributed by atoms with van der Waals surface area (Å²) in [6.07, 6.45) is 0. The van der Waals surface area contributed by atoms with Crippen LogP contribution in [-0.4, -0.2) is 18.9 Å².